The van der Waals surface area contributed by atoms with Crippen LogP contribution in [0.15, 0.2) is 24.5 Å². The Balaban J connectivity index is 0.000000640. The normalized spacial score (nSPS) is 8.11. The monoisotopic (exact) mass is 209 g/mol. The van der Waals surface area contributed by atoms with Gasteiger partial charge >= 0.3 is 19.5 Å². The van der Waals surface area contributed by atoms with E-state index in [4.69, 9.17) is 0 Å². The average molecular weight is 208 g/mol. The van der Waals surface area contributed by atoms with Gasteiger partial charge in [0.2, 0.25) is 0 Å². The Morgan fingerprint density at radius 3 is 2.22 bits per heavy atom. The molecular weight excluding hydrogens is 199 g/mol. The summed E-state index contributed by atoms with van der Waals surface area (Å²) < 4.78 is 0. The van der Waals surface area contributed by atoms with Crippen molar-refractivity contribution >= 4 is 0 Å². The quantitative estimate of drug-likeness (QED) is 0.639. The number of rotatable bonds is 1. The molecule has 0 atom stereocenters. The van der Waals surface area contributed by atoms with E-state index >= 15 is 0 Å². The Bertz CT molecular complexity index is 150. The van der Waals surface area contributed by atoms with Crippen molar-refractivity contribution in [2.24, 2.45) is 0 Å². The fraction of sp³-hybridized carbons (Fsp3) is 0.286. The van der Waals surface area contributed by atoms with Crippen LogP contribution in [0.5, 0.6) is 0 Å². The zero-order valence-electron chi connectivity index (χ0n) is 5.32. The molecule has 0 aliphatic rings. The van der Waals surface area contributed by atoms with Gasteiger partial charge in [-0.05, 0) is 24.1 Å². The number of pyridine rings is 1. The second-order valence-corrected chi connectivity index (χ2v) is 1.71. The Hall–Kier alpha value is -0.227. The van der Waals surface area contributed by atoms with Crippen molar-refractivity contribution in [1.29, 1.82) is 0 Å². The summed E-state index contributed by atoms with van der Waals surface area (Å²) in [5, 5.41) is 0. The summed E-state index contributed by atoms with van der Waals surface area (Å²) in [5.74, 6) is 0. The molecule has 0 saturated heterocycles. The Morgan fingerprint density at radius 2 is 1.89 bits per heavy atom. The van der Waals surface area contributed by atoms with Gasteiger partial charge in [-0.25, -0.2) is 0 Å². The molecule has 1 rings (SSSR count). The number of hydrogen-bond donors (Lipinski definition) is 0. The first-order valence-corrected chi connectivity index (χ1v) is 2.82. The molecule has 0 saturated carbocycles. The molecule has 1 radical (unpaired) electrons. The van der Waals surface area contributed by atoms with Gasteiger partial charge in [0.25, 0.3) is 0 Å². The van der Waals surface area contributed by atoms with Gasteiger partial charge < -0.3 is 0 Å². The van der Waals surface area contributed by atoms with Crippen LogP contribution in [0.1, 0.15) is 12.5 Å². The maximum Gasteiger partial charge on any atom is 3.00 e. The Labute approximate surface area is 68.3 Å². The van der Waals surface area contributed by atoms with Gasteiger partial charge in [-0.3, -0.25) is 4.98 Å². The van der Waals surface area contributed by atoms with Crippen molar-refractivity contribution in [2.45, 2.75) is 13.3 Å². The van der Waals surface area contributed by atoms with Gasteiger partial charge in [-0.15, -0.1) is 0 Å². The summed E-state index contributed by atoms with van der Waals surface area (Å²) in [6.45, 7) is 2.13. The molecule has 47 valence electrons. The second kappa shape index (κ2) is 4.63. The van der Waals surface area contributed by atoms with Crippen LogP contribution in [-0.4, -0.2) is 4.98 Å². The van der Waals surface area contributed by atoms with E-state index in [1.807, 2.05) is 24.5 Å². The first-order valence-electron chi connectivity index (χ1n) is 2.82. The van der Waals surface area contributed by atoms with Crippen molar-refractivity contribution in [1.82, 2.24) is 4.98 Å². The molecule has 0 N–H and O–H groups in total. The molecule has 0 unspecified atom stereocenters. The van der Waals surface area contributed by atoms with E-state index in [-0.39, 0.29) is 19.5 Å². The van der Waals surface area contributed by atoms with Crippen LogP contribution in [0, 0.1) is 0 Å². The number of nitrogens with zero attached hydrogens (tertiary/aromatic N) is 1. The Morgan fingerprint density at radius 1 is 1.33 bits per heavy atom. The summed E-state index contributed by atoms with van der Waals surface area (Å²) in [7, 11) is 0. The van der Waals surface area contributed by atoms with E-state index < -0.39 is 0 Å². The number of hydrogen-bond acceptors (Lipinski definition) is 1. The van der Waals surface area contributed by atoms with Gasteiger partial charge in [0.05, 0.1) is 0 Å². The van der Waals surface area contributed by atoms with E-state index in [0.29, 0.717) is 0 Å². The molecule has 1 aromatic rings. The predicted molar refractivity (Wildman–Crippen MR) is 33.6 cm³/mol. The van der Waals surface area contributed by atoms with E-state index in [1.54, 1.807) is 0 Å². The van der Waals surface area contributed by atoms with Gasteiger partial charge in [-0.2, -0.15) is 0 Å². The van der Waals surface area contributed by atoms with Crippen molar-refractivity contribution in [3.8, 4) is 0 Å². The summed E-state index contributed by atoms with van der Waals surface area (Å²) >= 11 is 0. The molecular formula is C7H9NRu+3. The van der Waals surface area contributed by atoms with Crippen molar-refractivity contribution in [2.75, 3.05) is 0 Å². The molecule has 0 bridgehead atoms. The molecule has 0 aliphatic heterocycles. The summed E-state index contributed by atoms with van der Waals surface area (Å²) in [6, 6.07) is 4.06. The fourth-order valence-electron chi connectivity index (χ4n) is 0.618. The molecule has 0 aliphatic carbocycles. The molecule has 1 nitrogen and oxygen atoms in total. The SMILES string of the molecule is CCc1ccncc1.[Ru+3]. The van der Waals surface area contributed by atoms with Crippen LogP contribution < -0.4 is 0 Å². The predicted octanol–water partition coefficient (Wildman–Crippen LogP) is 1.64. The summed E-state index contributed by atoms with van der Waals surface area (Å²) in [5.41, 5.74) is 1.35. The third-order valence-electron chi connectivity index (χ3n) is 1.16. The zero-order valence-corrected chi connectivity index (χ0v) is 7.06. The maximum atomic E-state index is 3.89. The van der Waals surface area contributed by atoms with Crippen LogP contribution in [0.3, 0.4) is 0 Å². The smallest absolute Gasteiger partial charge is 0.265 e. The van der Waals surface area contributed by atoms with Crippen LogP contribution in [0.4, 0.5) is 0 Å². The molecule has 0 spiro atoms. The van der Waals surface area contributed by atoms with Crippen LogP contribution in [-0.2, 0) is 25.9 Å². The van der Waals surface area contributed by atoms with E-state index in [2.05, 4.69) is 11.9 Å². The minimum Gasteiger partial charge on any atom is -0.265 e. The summed E-state index contributed by atoms with van der Waals surface area (Å²) in [6.07, 6.45) is 4.74. The second-order valence-electron chi connectivity index (χ2n) is 1.71. The molecule has 0 aromatic carbocycles. The minimum absolute atomic E-state index is 0. The summed E-state index contributed by atoms with van der Waals surface area (Å²) in [4.78, 5) is 3.89. The zero-order chi connectivity index (χ0) is 5.82. The van der Waals surface area contributed by atoms with Crippen molar-refractivity contribution in [3.05, 3.63) is 30.1 Å². The van der Waals surface area contributed by atoms with Gasteiger partial charge in [0.1, 0.15) is 0 Å². The van der Waals surface area contributed by atoms with Crippen molar-refractivity contribution in [3.63, 3.8) is 0 Å². The molecule has 2 heteroatoms. The van der Waals surface area contributed by atoms with E-state index in [0.717, 1.165) is 6.42 Å². The number of aryl methyl sites for hydroxylation is 1. The first kappa shape index (κ1) is 8.77. The van der Waals surface area contributed by atoms with E-state index in [1.165, 1.54) is 5.56 Å². The largest absolute Gasteiger partial charge is 3.00 e. The van der Waals surface area contributed by atoms with Crippen molar-refractivity contribution < 1.29 is 19.5 Å². The third kappa shape index (κ3) is 2.71. The average Bonchev–Trinajstić information content (AvgIpc) is 1.90. The molecule has 0 amide bonds. The minimum atomic E-state index is 0. The van der Waals surface area contributed by atoms with Gasteiger partial charge in [0, 0.05) is 12.4 Å². The number of aromatic nitrogens is 1. The maximum absolute atomic E-state index is 3.89. The van der Waals surface area contributed by atoms with E-state index in [9.17, 15) is 0 Å². The van der Waals surface area contributed by atoms with Gasteiger partial charge in [0.15, 0.2) is 0 Å². The van der Waals surface area contributed by atoms with Crippen LogP contribution >= 0.6 is 0 Å². The first-order chi connectivity index (χ1) is 3.93. The molecule has 0 fully saturated rings. The molecule has 1 heterocycles. The standard InChI is InChI=1S/C7H9N.Ru/c1-2-7-3-5-8-6-4-7;/h3-6H,2H2,1H3;/q;+3. The van der Waals surface area contributed by atoms with Gasteiger partial charge in [-0.1, -0.05) is 6.92 Å². The van der Waals surface area contributed by atoms with Crippen LogP contribution in [0.25, 0.3) is 0 Å². The molecule has 9 heavy (non-hydrogen) atoms. The topological polar surface area (TPSA) is 12.9 Å². The van der Waals surface area contributed by atoms with Crippen LogP contribution in [0.2, 0.25) is 0 Å². The molecule has 1 aromatic heterocycles. The third-order valence-corrected chi connectivity index (χ3v) is 1.16. The fourth-order valence-corrected chi connectivity index (χ4v) is 0.618. The Kier molecular flexibility index (Phi) is 4.52.